The minimum Gasteiger partial charge on any atom is -0.369 e. The maximum absolute atomic E-state index is 14.2. The fraction of sp³-hybridized carbons (Fsp3) is 0.235. The van der Waals surface area contributed by atoms with Gasteiger partial charge in [-0.15, -0.1) is 0 Å². The maximum atomic E-state index is 14.2. The third-order valence-corrected chi connectivity index (χ3v) is 3.81. The van der Waals surface area contributed by atoms with Crippen LogP contribution in [0.25, 0.3) is 0 Å². The number of halogens is 1. The second-order valence-electron chi connectivity index (χ2n) is 5.13. The zero-order chi connectivity index (χ0) is 14.8. The van der Waals surface area contributed by atoms with E-state index in [0.717, 1.165) is 0 Å². The molecule has 0 fully saturated rings. The number of fused-ring (bicyclic) bond motifs is 1. The standard InChI is InChI=1S/C17H16FNO2/c18-15(12-6-2-1-3-7-12)10-11-19-16(20)13-8-4-5-9-14(13)17(19)21/h1-9,15-16,20H,10-11H2. The van der Waals surface area contributed by atoms with Crippen LogP contribution in [0.2, 0.25) is 0 Å². The Hall–Kier alpha value is -2.20. The van der Waals surface area contributed by atoms with Crippen molar-refractivity contribution >= 4 is 5.91 Å². The van der Waals surface area contributed by atoms with Crippen molar-refractivity contribution in [3.05, 3.63) is 71.3 Å². The van der Waals surface area contributed by atoms with Crippen LogP contribution in [0.1, 0.15) is 40.3 Å². The third kappa shape index (κ3) is 2.54. The number of hydrogen-bond donors (Lipinski definition) is 1. The van der Waals surface area contributed by atoms with E-state index in [1.165, 1.54) is 4.90 Å². The highest BCUT2D eigenvalue weighted by Gasteiger charge is 2.35. The predicted molar refractivity (Wildman–Crippen MR) is 77.3 cm³/mol. The van der Waals surface area contributed by atoms with Gasteiger partial charge in [-0.05, 0) is 11.6 Å². The molecule has 1 aliphatic heterocycles. The summed E-state index contributed by atoms with van der Waals surface area (Å²) in [5.74, 6) is -0.238. The molecule has 2 unspecified atom stereocenters. The number of nitrogens with zero attached hydrogens (tertiary/aromatic N) is 1. The first-order valence-corrected chi connectivity index (χ1v) is 6.95. The van der Waals surface area contributed by atoms with Gasteiger partial charge in [0.05, 0.1) is 0 Å². The Bertz CT molecular complexity index is 644. The molecule has 0 aromatic heterocycles. The van der Waals surface area contributed by atoms with Gasteiger partial charge in [-0.2, -0.15) is 0 Å². The zero-order valence-electron chi connectivity index (χ0n) is 11.4. The van der Waals surface area contributed by atoms with Gasteiger partial charge >= 0.3 is 0 Å². The van der Waals surface area contributed by atoms with Crippen LogP contribution in [0.5, 0.6) is 0 Å². The molecular formula is C17H16FNO2. The maximum Gasteiger partial charge on any atom is 0.256 e. The van der Waals surface area contributed by atoms with E-state index >= 15 is 0 Å². The quantitative estimate of drug-likeness (QED) is 0.937. The Balaban J connectivity index is 1.69. The van der Waals surface area contributed by atoms with E-state index in [9.17, 15) is 14.3 Å². The second-order valence-corrected chi connectivity index (χ2v) is 5.13. The molecule has 0 aliphatic carbocycles. The first-order chi connectivity index (χ1) is 10.2. The number of carbonyl (C=O) groups is 1. The van der Waals surface area contributed by atoms with Crippen molar-refractivity contribution in [3.63, 3.8) is 0 Å². The van der Waals surface area contributed by atoms with Gasteiger partial charge in [-0.25, -0.2) is 4.39 Å². The van der Waals surface area contributed by atoms with Gasteiger partial charge in [0.25, 0.3) is 5.91 Å². The summed E-state index contributed by atoms with van der Waals surface area (Å²) >= 11 is 0. The van der Waals surface area contributed by atoms with Crippen molar-refractivity contribution in [2.24, 2.45) is 0 Å². The normalized spacial score (nSPS) is 18.7. The van der Waals surface area contributed by atoms with Gasteiger partial charge in [0.2, 0.25) is 0 Å². The highest BCUT2D eigenvalue weighted by Crippen LogP contribution is 2.32. The van der Waals surface area contributed by atoms with Crippen molar-refractivity contribution in [1.29, 1.82) is 0 Å². The molecule has 2 aromatic carbocycles. The smallest absolute Gasteiger partial charge is 0.256 e. The molecule has 0 saturated carbocycles. The van der Waals surface area contributed by atoms with Crippen LogP contribution in [0.4, 0.5) is 4.39 Å². The Morgan fingerprint density at radius 3 is 2.48 bits per heavy atom. The molecule has 0 spiro atoms. The number of rotatable bonds is 4. The number of aliphatic hydroxyl groups excluding tert-OH is 1. The third-order valence-electron chi connectivity index (χ3n) is 3.81. The number of hydrogen-bond acceptors (Lipinski definition) is 2. The molecule has 4 heteroatoms. The number of carbonyl (C=O) groups excluding carboxylic acids is 1. The predicted octanol–water partition coefficient (Wildman–Crippen LogP) is 3.23. The molecule has 0 bridgehead atoms. The topological polar surface area (TPSA) is 40.5 Å². The molecule has 2 aromatic rings. The average molecular weight is 285 g/mol. The molecule has 108 valence electrons. The fourth-order valence-electron chi connectivity index (χ4n) is 2.66. The molecule has 3 nitrogen and oxygen atoms in total. The lowest BCUT2D eigenvalue weighted by Crippen LogP contribution is -2.29. The van der Waals surface area contributed by atoms with Gasteiger partial charge < -0.3 is 10.0 Å². The summed E-state index contributed by atoms with van der Waals surface area (Å²) in [6.07, 6.45) is -1.95. The van der Waals surface area contributed by atoms with E-state index in [-0.39, 0.29) is 18.9 Å². The Labute approximate surface area is 122 Å². The lowest BCUT2D eigenvalue weighted by atomic mass is 10.1. The SMILES string of the molecule is O=C1c2ccccc2C(O)N1CCC(F)c1ccccc1. The summed E-state index contributed by atoms with van der Waals surface area (Å²) in [5, 5.41) is 10.2. The van der Waals surface area contributed by atoms with Crippen LogP contribution in [0.15, 0.2) is 54.6 Å². The first-order valence-electron chi connectivity index (χ1n) is 6.95. The number of benzene rings is 2. The molecule has 1 N–H and O–H groups in total. The highest BCUT2D eigenvalue weighted by atomic mass is 19.1. The molecule has 1 amide bonds. The van der Waals surface area contributed by atoms with Crippen LogP contribution < -0.4 is 0 Å². The highest BCUT2D eigenvalue weighted by molar-refractivity contribution is 5.98. The lowest BCUT2D eigenvalue weighted by molar-refractivity contribution is 0.0145. The van der Waals surface area contributed by atoms with E-state index in [1.54, 1.807) is 48.5 Å². The fourth-order valence-corrected chi connectivity index (χ4v) is 2.66. The van der Waals surface area contributed by atoms with Crippen molar-refractivity contribution < 1.29 is 14.3 Å². The van der Waals surface area contributed by atoms with Gasteiger partial charge in [0.15, 0.2) is 6.23 Å². The number of alkyl halides is 1. The average Bonchev–Trinajstić information content (AvgIpc) is 2.78. The summed E-state index contributed by atoms with van der Waals surface area (Å²) in [4.78, 5) is 13.5. The largest absolute Gasteiger partial charge is 0.369 e. The molecule has 0 radical (unpaired) electrons. The Morgan fingerprint density at radius 2 is 1.76 bits per heavy atom. The summed E-state index contributed by atoms with van der Waals surface area (Å²) in [6, 6.07) is 15.8. The number of aliphatic hydroxyl groups is 1. The van der Waals surface area contributed by atoms with Crippen molar-refractivity contribution in [2.75, 3.05) is 6.54 Å². The summed E-state index contributed by atoms with van der Waals surface area (Å²) in [7, 11) is 0. The summed E-state index contributed by atoms with van der Waals surface area (Å²) < 4.78 is 14.2. The molecule has 1 heterocycles. The Morgan fingerprint density at radius 1 is 1.10 bits per heavy atom. The van der Waals surface area contributed by atoms with Crippen LogP contribution in [-0.2, 0) is 0 Å². The van der Waals surface area contributed by atoms with Crippen molar-refractivity contribution in [3.8, 4) is 0 Å². The minimum atomic E-state index is -1.14. The minimum absolute atomic E-state index is 0.167. The van der Waals surface area contributed by atoms with Gasteiger partial charge in [-0.1, -0.05) is 48.5 Å². The van der Waals surface area contributed by atoms with Crippen molar-refractivity contribution in [2.45, 2.75) is 18.8 Å². The molecule has 2 atom stereocenters. The van der Waals surface area contributed by atoms with Crippen LogP contribution >= 0.6 is 0 Å². The monoisotopic (exact) mass is 285 g/mol. The molecule has 1 aliphatic rings. The van der Waals surface area contributed by atoms with E-state index in [4.69, 9.17) is 0 Å². The Kier molecular flexibility index (Phi) is 3.71. The lowest BCUT2D eigenvalue weighted by Gasteiger charge is -2.21. The van der Waals surface area contributed by atoms with Crippen LogP contribution in [0, 0.1) is 0 Å². The van der Waals surface area contributed by atoms with Gasteiger partial charge in [-0.3, -0.25) is 4.79 Å². The van der Waals surface area contributed by atoms with E-state index in [1.807, 2.05) is 6.07 Å². The van der Waals surface area contributed by atoms with Crippen molar-refractivity contribution in [1.82, 2.24) is 4.90 Å². The van der Waals surface area contributed by atoms with E-state index in [2.05, 4.69) is 0 Å². The summed E-state index contributed by atoms with van der Waals surface area (Å²) in [5.41, 5.74) is 1.69. The van der Waals surface area contributed by atoms with E-state index in [0.29, 0.717) is 16.7 Å². The molecule has 21 heavy (non-hydrogen) atoms. The molecule has 3 rings (SSSR count). The van der Waals surface area contributed by atoms with Gasteiger partial charge in [0.1, 0.15) is 6.17 Å². The van der Waals surface area contributed by atoms with E-state index < -0.39 is 12.4 Å². The first kappa shape index (κ1) is 13.8. The van der Waals surface area contributed by atoms with Gasteiger partial charge in [0, 0.05) is 24.1 Å². The zero-order valence-corrected chi connectivity index (χ0v) is 11.4. The summed E-state index contributed by atoms with van der Waals surface area (Å²) in [6.45, 7) is 0.185. The molecular weight excluding hydrogens is 269 g/mol. The second kappa shape index (κ2) is 5.66. The molecule has 0 saturated heterocycles. The van der Waals surface area contributed by atoms with Crippen LogP contribution in [0.3, 0.4) is 0 Å². The number of amides is 1. The van der Waals surface area contributed by atoms with Crippen LogP contribution in [-0.4, -0.2) is 22.5 Å².